The maximum absolute atomic E-state index is 6.05. The number of morpholine rings is 1. The summed E-state index contributed by atoms with van der Waals surface area (Å²) in [5, 5.41) is 3.21. The molecule has 1 aliphatic carbocycles. The summed E-state index contributed by atoms with van der Waals surface area (Å²) in [4.78, 5) is 7.27. The molecule has 1 aliphatic heterocycles. The molecule has 0 radical (unpaired) electrons. The Balaban J connectivity index is 0.00000288. The number of aliphatic imine (C=N–C) groups is 1. The highest BCUT2D eigenvalue weighted by Gasteiger charge is 2.38. The van der Waals surface area contributed by atoms with Crippen LogP contribution in [0, 0.1) is 0 Å². The van der Waals surface area contributed by atoms with Crippen LogP contribution in [0.5, 0.6) is 0 Å². The SMILES string of the molecule is CCOCCCNC(N)=NCC1(N2CCOCC2)CCCCC1.I. The van der Waals surface area contributed by atoms with Crippen LogP contribution in [0.3, 0.4) is 0 Å². The van der Waals surface area contributed by atoms with Gasteiger partial charge in [0, 0.05) is 38.4 Å². The van der Waals surface area contributed by atoms with Crippen LogP contribution in [0.1, 0.15) is 45.4 Å². The van der Waals surface area contributed by atoms with Crippen LogP contribution < -0.4 is 11.1 Å². The molecule has 1 saturated heterocycles. The molecular weight excluding hydrogens is 419 g/mol. The number of guanidine groups is 1. The van der Waals surface area contributed by atoms with Crippen molar-refractivity contribution in [3.8, 4) is 0 Å². The Bertz CT molecular complexity index is 356. The first-order valence-electron chi connectivity index (χ1n) is 9.21. The summed E-state index contributed by atoms with van der Waals surface area (Å²) in [6, 6.07) is 0. The first-order chi connectivity index (χ1) is 11.3. The normalized spacial score (nSPS) is 22.0. The van der Waals surface area contributed by atoms with Crippen molar-refractivity contribution in [2.75, 3.05) is 52.6 Å². The van der Waals surface area contributed by atoms with E-state index in [1.165, 1.54) is 32.1 Å². The molecule has 7 heteroatoms. The molecule has 1 saturated carbocycles. The molecule has 3 N–H and O–H groups in total. The van der Waals surface area contributed by atoms with Gasteiger partial charge in [-0.05, 0) is 26.2 Å². The lowest BCUT2D eigenvalue weighted by molar-refractivity contribution is -0.0333. The number of hydrogen-bond donors (Lipinski definition) is 2. The largest absolute Gasteiger partial charge is 0.382 e. The van der Waals surface area contributed by atoms with Crippen LogP contribution >= 0.6 is 24.0 Å². The average Bonchev–Trinajstić information content (AvgIpc) is 2.61. The fourth-order valence-corrected chi connectivity index (χ4v) is 3.65. The third-order valence-electron chi connectivity index (χ3n) is 4.99. The second-order valence-electron chi connectivity index (χ2n) is 6.56. The van der Waals surface area contributed by atoms with E-state index in [1.54, 1.807) is 0 Å². The lowest BCUT2D eigenvalue weighted by Gasteiger charge is -2.47. The lowest BCUT2D eigenvalue weighted by atomic mass is 9.80. The van der Waals surface area contributed by atoms with Crippen LogP contribution in [0.2, 0.25) is 0 Å². The molecule has 1 heterocycles. The minimum atomic E-state index is 0. The van der Waals surface area contributed by atoms with Gasteiger partial charge in [-0.3, -0.25) is 9.89 Å². The molecule has 0 aromatic heterocycles. The Hall–Kier alpha value is -0.120. The summed E-state index contributed by atoms with van der Waals surface area (Å²) >= 11 is 0. The first kappa shape index (κ1) is 21.9. The second-order valence-corrected chi connectivity index (χ2v) is 6.56. The Morgan fingerprint density at radius 2 is 1.96 bits per heavy atom. The van der Waals surface area contributed by atoms with Gasteiger partial charge in [0.15, 0.2) is 5.96 Å². The molecule has 0 amide bonds. The zero-order chi connectivity index (χ0) is 16.4. The van der Waals surface area contributed by atoms with Crippen LogP contribution in [0.25, 0.3) is 0 Å². The maximum atomic E-state index is 6.05. The number of halogens is 1. The minimum Gasteiger partial charge on any atom is -0.382 e. The number of nitrogens with zero attached hydrogens (tertiary/aromatic N) is 2. The number of nitrogens with one attached hydrogen (secondary N) is 1. The van der Waals surface area contributed by atoms with E-state index in [9.17, 15) is 0 Å². The molecule has 0 aromatic carbocycles. The zero-order valence-electron chi connectivity index (χ0n) is 15.1. The molecule has 0 atom stereocenters. The molecule has 6 nitrogen and oxygen atoms in total. The third-order valence-corrected chi connectivity index (χ3v) is 4.99. The fraction of sp³-hybridized carbons (Fsp3) is 0.941. The smallest absolute Gasteiger partial charge is 0.188 e. The standard InChI is InChI=1S/C17H34N4O2.HI/c1-2-22-12-6-9-19-16(18)20-15-17(7-4-3-5-8-17)21-10-13-23-14-11-21;/h2-15H2,1H3,(H3,18,19,20);1H. The van der Waals surface area contributed by atoms with Crippen LogP contribution in [-0.4, -0.2) is 69.0 Å². The molecule has 24 heavy (non-hydrogen) atoms. The van der Waals surface area contributed by atoms with Crippen molar-refractivity contribution < 1.29 is 9.47 Å². The Morgan fingerprint density at radius 1 is 1.25 bits per heavy atom. The molecule has 2 aliphatic rings. The highest BCUT2D eigenvalue weighted by molar-refractivity contribution is 14.0. The van der Waals surface area contributed by atoms with Crippen molar-refractivity contribution in [1.82, 2.24) is 10.2 Å². The molecule has 0 unspecified atom stereocenters. The summed E-state index contributed by atoms with van der Waals surface area (Å²) in [5.41, 5.74) is 6.24. The van der Waals surface area contributed by atoms with E-state index >= 15 is 0 Å². The van der Waals surface area contributed by atoms with Crippen molar-refractivity contribution in [2.24, 2.45) is 10.7 Å². The van der Waals surface area contributed by atoms with Crippen LogP contribution in [-0.2, 0) is 9.47 Å². The summed E-state index contributed by atoms with van der Waals surface area (Å²) in [6.07, 6.45) is 7.37. The molecule has 142 valence electrons. The molecule has 0 spiro atoms. The van der Waals surface area contributed by atoms with Gasteiger partial charge in [-0.15, -0.1) is 24.0 Å². The molecule has 2 rings (SSSR count). The van der Waals surface area contributed by atoms with Gasteiger partial charge in [-0.1, -0.05) is 19.3 Å². The van der Waals surface area contributed by atoms with Crippen molar-refractivity contribution in [3.63, 3.8) is 0 Å². The van der Waals surface area contributed by atoms with Gasteiger partial charge in [0.1, 0.15) is 0 Å². The van der Waals surface area contributed by atoms with E-state index in [1.807, 2.05) is 6.92 Å². The molecular formula is C17H35IN4O2. The van der Waals surface area contributed by atoms with Crippen molar-refractivity contribution in [1.29, 1.82) is 0 Å². The van der Waals surface area contributed by atoms with Crippen molar-refractivity contribution >= 4 is 29.9 Å². The lowest BCUT2D eigenvalue weighted by Crippen LogP contribution is -2.56. The fourth-order valence-electron chi connectivity index (χ4n) is 3.65. The van der Waals surface area contributed by atoms with Crippen LogP contribution in [0.15, 0.2) is 4.99 Å². The highest BCUT2D eigenvalue weighted by Crippen LogP contribution is 2.34. The van der Waals surface area contributed by atoms with Gasteiger partial charge in [0.05, 0.1) is 19.8 Å². The number of ether oxygens (including phenoxy) is 2. The Kier molecular flexibility index (Phi) is 11.2. The van der Waals surface area contributed by atoms with Gasteiger partial charge in [0.2, 0.25) is 0 Å². The molecule has 0 aromatic rings. The van der Waals surface area contributed by atoms with Gasteiger partial charge in [0.25, 0.3) is 0 Å². The third kappa shape index (κ3) is 7.01. The molecule has 0 bridgehead atoms. The summed E-state index contributed by atoms with van der Waals surface area (Å²) in [7, 11) is 0. The van der Waals surface area contributed by atoms with E-state index in [0.29, 0.717) is 5.96 Å². The second kappa shape index (κ2) is 12.3. The average molecular weight is 454 g/mol. The van der Waals surface area contributed by atoms with E-state index in [0.717, 1.165) is 59.0 Å². The minimum absolute atomic E-state index is 0. The number of hydrogen-bond acceptors (Lipinski definition) is 4. The predicted molar refractivity (Wildman–Crippen MR) is 109 cm³/mol. The van der Waals surface area contributed by atoms with Crippen molar-refractivity contribution in [3.05, 3.63) is 0 Å². The zero-order valence-corrected chi connectivity index (χ0v) is 17.4. The topological polar surface area (TPSA) is 72.1 Å². The predicted octanol–water partition coefficient (Wildman–Crippen LogP) is 1.97. The summed E-state index contributed by atoms with van der Waals surface area (Å²) < 4.78 is 10.8. The van der Waals surface area contributed by atoms with Crippen molar-refractivity contribution in [2.45, 2.75) is 51.0 Å². The Labute approximate surface area is 163 Å². The number of rotatable bonds is 8. The van der Waals surface area contributed by atoms with Gasteiger partial charge >= 0.3 is 0 Å². The van der Waals surface area contributed by atoms with E-state index in [2.05, 4.69) is 15.2 Å². The van der Waals surface area contributed by atoms with Gasteiger partial charge in [-0.25, -0.2) is 0 Å². The first-order valence-corrected chi connectivity index (χ1v) is 9.21. The number of nitrogens with two attached hydrogens (primary N) is 1. The van der Waals surface area contributed by atoms with Gasteiger partial charge < -0.3 is 20.5 Å². The van der Waals surface area contributed by atoms with Gasteiger partial charge in [-0.2, -0.15) is 0 Å². The highest BCUT2D eigenvalue weighted by atomic mass is 127. The Morgan fingerprint density at radius 3 is 2.62 bits per heavy atom. The quantitative estimate of drug-likeness (QED) is 0.254. The van der Waals surface area contributed by atoms with E-state index in [4.69, 9.17) is 15.2 Å². The monoisotopic (exact) mass is 454 g/mol. The van der Waals surface area contributed by atoms with E-state index in [-0.39, 0.29) is 29.5 Å². The van der Waals surface area contributed by atoms with Crippen LogP contribution in [0.4, 0.5) is 0 Å². The maximum Gasteiger partial charge on any atom is 0.188 e. The summed E-state index contributed by atoms with van der Waals surface area (Å²) in [5.74, 6) is 0.569. The van der Waals surface area contributed by atoms with E-state index < -0.39 is 0 Å². The summed E-state index contributed by atoms with van der Waals surface area (Å²) in [6.45, 7) is 8.91. The molecule has 2 fully saturated rings.